The average Bonchev–Trinajstić information content (AvgIpc) is 2.99. The van der Waals surface area contributed by atoms with Crippen molar-refractivity contribution in [3.05, 3.63) is 47.3 Å². The minimum absolute atomic E-state index is 0.103. The number of benzene rings is 1. The van der Waals surface area contributed by atoms with Crippen LogP contribution in [0.4, 0.5) is 4.79 Å². The molecule has 2 amide bonds. The molecule has 4 rings (SSSR count). The van der Waals surface area contributed by atoms with Gasteiger partial charge in [0, 0.05) is 7.05 Å². The number of urea groups is 1. The second-order valence-electron chi connectivity index (χ2n) is 5.31. The molecule has 0 aliphatic carbocycles. The van der Waals surface area contributed by atoms with Crippen LogP contribution in [0.2, 0.25) is 0 Å². The van der Waals surface area contributed by atoms with Crippen molar-refractivity contribution >= 4 is 6.03 Å². The topological polar surface area (TPSA) is 63.5 Å². The van der Waals surface area contributed by atoms with Crippen molar-refractivity contribution in [2.24, 2.45) is 7.05 Å². The van der Waals surface area contributed by atoms with Crippen LogP contribution in [0.1, 0.15) is 23.0 Å². The molecule has 108 valence electrons. The molecule has 0 spiro atoms. The number of fused-ring (bicyclic) bond motifs is 4. The summed E-state index contributed by atoms with van der Waals surface area (Å²) in [5, 5.41) is 9.62. The van der Waals surface area contributed by atoms with Crippen LogP contribution in [-0.4, -0.2) is 37.5 Å². The highest BCUT2D eigenvalue weighted by atomic mass is 16.7. The van der Waals surface area contributed by atoms with Gasteiger partial charge in [-0.1, -0.05) is 35.5 Å². The molecule has 0 radical (unpaired) electrons. The summed E-state index contributed by atoms with van der Waals surface area (Å²) in [5.41, 5.74) is 2.85. The highest BCUT2D eigenvalue weighted by molar-refractivity contribution is 5.77. The Morgan fingerprint density at radius 1 is 1.33 bits per heavy atom. The third-order valence-corrected chi connectivity index (χ3v) is 3.95. The SMILES string of the molecule is Cn1nnc2c1C1CN(C2)C(=O)N1OCc1ccccc1. The van der Waals surface area contributed by atoms with Crippen LogP contribution in [0.3, 0.4) is 0 Å². The lowest BCUT2D eigenvalue weighted by Gasteiger charge is -2.22. The normalized spacial score (nSPS) is 20.0. The first-order valence-electron chi connectivity index (χ1n) is 6.87. The Labute approximate surface area is 121 Å². The number of rotatable bonds is 3. The zero-order valence-electron chi connectivity index (χ0n) is 11.6. The van der Waals surface area contributed by atoms with Gasteiger partial charge in [-0.15, -0.1) is 5.10 Å². The Morgan fingerprint density at radius 3 is 2.95 bits per heavy atom. The molecule has 1 aromatic carbocycles. The smallest absolute Gasteiger partial charge is 0.314 e. The Kier molecular flexibility index (Phi) is 2.68. The zero-order chi connectivity index (χ0) is 14.4. The first kappa shape index (κ1) is 12.3. The molecule has 7 heteroatoms. The fraction of sp³-hybridized carbons (Fsp3) is 0.357. The molecule has 1 aromatic heterocycles. The van der Waals surface area contributed by atoms with Crippen molar-refractivity contribution in [2.45, 2.75) is 19.2 Å². The van der Waals surface area contributed by atoms with Crippen LogP contribution in [0, 0.1) is 0 Å². The van der Waals surface area contributed by atoms with Crippen molar-refractivity contribution in [2.75, 3.05) is 6.54 Å². The van der Waals surface area contributed by atoms with E-state index in [0.29, 0.717) is 19.7 Å². The van der Waals surface area contributed by atoms with E-state index in [-0.39, 0.29) is 12.1 Å². The highest BCUT2D eigenvalue weighted by Crippen LogP contribution is 2.36. The molecule has 1 atom stereocenters. The summed E-state index contributed by atoms with van der Waals surface area (Å²) in [6, 6.07) is 9.58. The maximum absolute atomic E-state index is 12.4. The molecule has 0 N–H and O–H groups in total. The lowest BCUT2D eigenvalue weighted by molar-refractivity contribution is -0.142. The number of carbonyl (C=O) groups excluding carboxylic acids is 1. The first-order valence-corrected chi connectivity index (χ1v) is 6.87. The number of hydroxylamine groups is 2. The monoisotopic (exact) mass is 285 g/mol. The van der Waals surface area contributed by atoms with Gasteiger partial charge in [0.2, 0.25) is 0 Å². The number of nitrogens with zero attached hydrogens (tertiary/aromatic N) is 5. The first-order chi connectivity index (χ1) is 10.2. The van der Waals surface area contributed by atoms with Gasteiger partial charge >= 0.3 is 6.03 Å². The van der Waals surface area contributed by atoms with E-state index >= 15 is 0 Å². The van der Waals surface area contributed by atoms with E-state index in [9.17, 15) is 4.79 Å². The van der Waals surface area contributed by atoms with E-state index < -0.39 is 0 Å². The van der Waals surface area contributed by atoms with Gasteiger partial charge in [0.25, 0.3) is 0 Å². The molecular formula is C14H15N5O2. The molecule has 1 saturated heterocycles. The van der Waals surface area contributed by atoms with E-state index in [4.69, 9.17) is 4.84 Å². The van der Waals surface area contributed by atoms with Crippen molar-refractivity contribution in [3.8, 4) is 0 Å². The lowest BCUT2D eigenvalue weighted by atomic mass is 10.1. The van der Waals surface area contributed by atoms with E-state index in [0.717, 1.165) is 17.0 Å². The minimum atomic E-state index is -0.134. The molecule has 2 aliphatic rings. The van der Waals surface area contributed by atoms with E-state index in [1.54, 1.807) is 9.58 Å². The molecule has 1 unspecified atom stereocenters. The Morgan fingerprint density at radius 2 is 2.14 bits per heavy atom. The van der Waals surface area contributed by atoms with Crippen LogP contribution in [0.15, 0.2) is 30.3 Å². The number of amides is 2. The summed E-state index contributed by atoms with van der Waals surface area (Å²) in [7, 11) is 1.85. The minimum Gasteiger partial charge on any atom is -0.314 e. The standard InChI is InChI=1S/C14H15N5O2/c1-17-13-11(15-16-17)7-18-8-12(13)19(14(18)20)21-9-10-5-3-2-4-6-10/h2-6,12H,7-9H2,1H3. The summed E-state index contributed by atoms with van der Waals surface area (Å²) in [4.78, 5) is 19.9. The van der Waals surface area contributed by atoms with Crippen molar-refractivity contribution in [1.82, 2.24) is 25.0 Å². The molecule has 2 aromatic rings. The molecule has 1 fully saturated rings. The predicted molar refractivity (Wildman–Crippen MR) is 72.6 cm³/mol. The van der Waals surface area contributed by atoms with Gasteiger partial charge in [0.1, 0.15) is 18.3 Å². The Bertz CT molecular complexity index is 684. The zero-order valence-corrected chi connectivity index (χ0v) is 11.6. The number of hydrogen-bond acceptors (Lipinski definition) is 4. The summed E-state index contributed by atoms with van der Waals surface area (Å²) >= 11 is 0. The third-order valence-electron chi connectivity index (χ3n) is 3.95. The summed E-state index contributed by atoms with van der Waals surface area (Å²) in [5.74, 6) is 0. The molecule has 2 aliphatic heterocycles. The summed E-state index contributed by atoms with van der Waals surface area (Å²) < 4.78 is 1.73. The van der Waals surface area contributed by atoms with Gasteiger partial charge in [-0.05, 0) is 5.56 Å². The van der Waals surface area contributed by atoms with Gasteiger partial charge in [-0.25, -0.2) is 9.48 Å². The second-order valence-corrected chi connectivity index (χ2v) is 5.31. The van der Waals surface area contributed by atoms with Crippen LogP contribution in [-0.2, 0) is 25.0 Å². The van der Waals surface area contributed by atoms with Crippen molar-refractivity contribution in [1.29, 1.82) is 0 Å². The number of aryl methyl sites for hydroxylation is 1. The maximum Gasteiger partial charge on any atom is 0.345 e. The van der Waals surface area contributed by atoms with Crippen LogP contribution >= 0.6 is 0 Å². The quantitative estimate of drug-likeness (QED) is 0.851. The summed E-state index contributed by atoms with van der Waals surface area (Å²) in [6.07, 6.45) is 0. The molecular weight excluding hydrogens is 270 g/mol. The van der Waals surface area contributed by atoms with Gasteiger partial charge < -0.3 is 4.90 Å². The maximum atomic E-state index is 12.4. The van der Waals surface area contributed by atoms with E-state index in [1.165, 1.54) is 5.06 Å². The Balaban J connectivity index is 1.58. The van der Waals surface area contributed by atoms with Crippen LogP contribution < -0.4 is 0 Å². The van der Waals surface area contributed by atoms with Gasteiger partial charge in [-0.2, -0.15) is 5.06 Å². The number of hydrogen-bond donors (Lipinski definition) is 0. The molecule has 0 saturated carbocycles. The molecule has 21 heavy (non-hydrogen) atoms. The lowest BCUT2D eigenvalue weighted by Crippen LogP contribution is -2.30. The largest absolute Gasteiger partial charge is 0.345 e. The fourth-order valence-electron chi connectivity index (χ4n) is 2.94. The second kappa shape index (κ2) is 4.56. The van der Waals surface area contributed by atoms with Crippen molar-refractivity contribution in [3.63, 3.8) is 0 Å². The van der Waals surface area contributed by atoms with Gasteiger partial charge in [-0.3, -0.25) is 4.84 Å². The van der Waals surface area contributed by atoms with Gasteiger partial charge in [0.05, 0.1) is 18.8 Å². The molecule has 7 nitrogen and oxygen atoms in total. The number of carbonyl (C=O) groups is 1. The van der Waals surface area contributed by atoms with E-state index in [2.05, 4.69) is 10.3 Å². The summed E-state index contributed by atoms with van der Waals surface area (Å²) in [6.45, 7) is 1.50. The van der Waals surface area contributed by atoms with Crippen LogP contribution in [0.25, 0.3) is 0 Å². The third kappa shape index (κ3) is 1.89. The fourth-order valence-corrected chi connectivity index (χ4v) is 2.94. The van der Waals surface area contributed by atoms with Crippen molar-refractivity contribution < 1.29 is 9.63 Å². The molecule has 3 heterocycles. The van der Waals surface area contributed by atoms with Crippen LogP contribution in [0.5, 0.6) is 0 Å². The average molecular weight is 285 g/mol. The predicted octanol–water partition coefficient (Wildman–Crippen LogP) is 1.24. The van der Waals surface area contributed by atoms with E-state index in [1.807, 2.05) is 37.4 Å². The van der Waals surface area contributed by atoms with Gasteiger partial charge in [0.15, 0.2) is 0 Å². The Hall–Kier alpha value is -2.41. The highest BCUT2D eigenvalue weighted by Gasteiger charge is 2.46. The molecule has 2 bridgehead atoms. The number of aromatic nitrogens is 3.